The first-order valence-electron chi connectivity index (χ1n) is 7.51. The van der Waals surface area contributed by atoms with Gasteiger partial charge in [-0.3, -0.25) is 4.79 Å². The normalized spacial score (nSPS) is 19.0. The van der Waals surface area contributed by atoms with Crippen LogP contribution in [0.4, 0.5) is 10.5 Å². The summed E-state index contributed by atoms with van der Waals surface area (Å²) in [5, 5.41) is 14.1. The Morgan fingerprint density at radius 1 is 1.13 bits per heavy atom. The van der Waals surface area contributed by atoms with E-state index in [4.69, 9.17) is 5.11 Å². The third-order valence-electron chi connectivity index (χ3n) is 4.06. The summed E-state index contributed by atoms with van der Waals surface area (Å²) in [6.07, 6.45) is -0.164. The van der Waals surface area contributed by atoms with Crippen molar-refractivity contribution in [3.63, 3.8) is 0 Å². The molecule has 5 nitrogen and oxygen atoms in total. The maximum atomic E-state index is 12.2. The highest BCUT2D eigenvalue weighted by Crippen LogP contribution is 2.41. The van der Waals surface area contributed by atoms with Crippen LogP contribution in [0.1, 0.15) is 33.8 Å². The number of aryl methyl sites for hydroxylation is 1. The van der Waals surface area contributed by atoms with Gasteiger partial charge in [0.15, 0.2) is 0 Å². The van der Waals surface area contributed by atoms with Gasteiger partial charge >= 0.3 is 6.09 Å². The van der Waals surface area contributed by atoms with Gasteiger partial charge in [-0.15, -0.1) is 0 Å². The van der Waals surface area contributed by atoms with Crippen molar-refractivity contribution in [1.82, 2.24) is 5.32 Å². The molecule has 3 N–H and O–H groups in total. The van der Waals surface area contributed by atoms with E-state index < -0.39 is 6.09 Å². The van der Waals surface area contributed by atoms with Crippen LogP contribution in [-0.4, -0.2) is 23.1 Å². The molecule has 0 aliphatic heterocycles. The third-order valence-corrected chi connectivity index (χ3v) is 4.06. The molecule has 2 aromatic rings. The Labute approximate surface area is 134 Å². The molecule has 5 heteroatoms. The minimum Gasteiger partial charge on any atom is -0.465 e. The molecule has 2 aromatic carbocycles. The average Bonchev–Trinajstić information content (AvgIpc) is 3.28. The van der Waals surface area contributed by atoms with Crippen LogP contribution in [0.15, 0.2) is 48.5 Å². The molecule has 1 saturated carbocycles. The van der Waals surface area contributed by atoms with Crippen LogP contribution in [0, 0.1) is 6.92 Å². The molecule has 0 aromatic heterocycles. The second kappa shape index (κ2) is 6.12. The van der Waals surface area contributed by atoms with Crippen LogP contribution < -0.4 is 10.6 Å². The highest BCUT2D eigenvalue weighted by molar-refractivity contribution is 6.04. The monoisotopic (exact) mass is 310 g/mol. The zero-order valence-corrected chi connectivity index (χ0v) is 12.7. The third kappa shape index (κ3) is 3.51. The smallest absolute Gasteiger partial charge is 0.404 e. The number of amides is 2. The van der Waals surface area contributed by atoms with Crippen molar-refractivity contribution in [1.29, 1.82) is 0 Å². The van der Waals surface area contributed by atoms with E-state index in [0.29, 0.717) is 5.56 Å². The number of rotatable bonds is 4. The number of anilines is 1. The van der Waals surface area contributed by atoms with Gasteiger partial charge in [0.2, 0.25) is 0 Å². The van der Waals surface area contributed by atoms with Crippen molar-refractivity contribution in [2.24, 2.45) is 0 Å². The van der Waals surface area contributed by atoms with E-state index in [1.54, 1.807) is 12.1 Å². The van der Waals surface area contributed by atoms with E-state index in [1.165, 1.54) is 0 Å². The molecule has 0 bridgehead atoms. The van der Waals surface area contributed by atoms with Gasteiger partial charge in [-0.2, -0.15) is 0 Å². The largest absolute Gasteiger partial charge is 0.465 e. The van der Waals surface area contributed by atoms with Crippen molar-refractivity contribution >= 4 is 17.7 Å². The summed E-state index contributed by atoms with van der Waals surface area (Å²) >= 11 is 0. The topological polar surface area (TPSA) is 78.4 Å². The summed E-state index contributed by atoms with van der Waals surface area (Å²) in [4.78, 5) is 22.8. The number of carbonyl (C=O) groups is 2. The molecule has 23 heavy (non-hydrogen) atoms. The molecule has 2 atom stereocenters. The predicted molar refractivity (Wildman–Crippen MR) is 87.9 cm³/mol. The van der Waals surface area contributed by atoms with Gasteiger partial charge in [0.05, 0.1) is 0 Å². The molecule has 0 heterocycles. The molecule has 1 aliphatic rings. The number of hydrogen-bond donors (Lipinski definition) is 3. The average molecular weight is 310 g/mol. The fraction of sp³-hybridized carbons (Fsp3) is 0.222. The Morgan fingerprint density at radius 3 is 2.52 bits per heavy atom. The van der Waals surface area contributed by atoms with Gasteiger partial charge in [0.1, 0.15) is 0 Å². The lowest BCUT2D eigenvalue weighted by molar-refractivity contribution is 0.102. The van der Waals surface area contributed by atoms with Crippen molar-refractivity contribution in [3.8, 4) is 0 Å². The second-order valence-electron chi connectivity index (χ2n) is 5.79. The number of carbonyl (C=O) groups excluding carboxylic acids is 1. The van der Waals surface area contributed by atoms with E-state index in [1.807, 2.05) is 43.3 Å². The van der Waals surface area contributed by atoms with Gasteiger partial charge in [-0.25, -0.2) is 4.79 Å². The van der Waals surface area contributed by atoms with Gasteiger partial charge in [0, 0.05) is 23.2 Å². The summed E-state index contributed by atoms with van der Waals surface area (Å²) in [5.74, 6) is 0.0852. The zero-order chi connectivity index (χ0) is 16.4. The molecule has 0 saturated heterocycles. The minimum atomic E-state index is -0.985. The van der Waals surface area contributed by atoms with Crippen molar-refractivity contribution in [2.45, 2.75) is 25.3 Å². The molecule has 118 valence electrons. The maximum absolute atomic E-state index is 12.2. The van der Waals surface area contributed by atoms with Crippen LogP contribution in [0.2, 0.25) is 0 Å². The Bertz CT molecular complexity index is 743. The van der Waals surface area contributed by atoms with Crippen molar-refractivity contribution in [3.05, 3.63) is 65.2 Å². The fourth-order valence-electron chi connectivity index (χ4n) is 2.72. The first kappa shape index (κ1) is 15.1. The molecule has 2 unspecified atom stereocenters. The Hall–Kier alpha value is -2.82. The lowest BCUT2D eigenvalue weighted by atomic mass is 10.1. The standard InChI is InChI=1S/C18H18N2O3/c1-11-9-13(14-10-16(14)20-18(22)23)7-8-15(11)19-17(21)12-5-3-2-4-6-12/h2-9,14,16,20H,10H2,1H3,(H,19,21)(H,22,23). The van der Waals surface area contributed by atoms with E-state index in [2.05, 4.69) is 10.6 Å². The molecule has 2 amide bonds. The summed E-state index contributed by atoms with van der Waals surface area (Å²) in [5.41, 5.74) is 3.45. The molecule has 1 aliphatic carbocycles. The van der Waals surface area contributed by atoms with Gasteiger partial charge in [0.25, 0.3) is 5.91 Å². The maximum Gasteiger partial charge on any atom is 0.404 e. The number of carboxylic acid groups (broad SMARTS) is 1. The molecular formula is C18H18N2O3. The zero-order valence-electron chi connectivity index (χ0n) is 12.7. The minimum absolute atomic E-state index is 0.00309. The Morgan fingerprint density at radius 2 is 1.87 bits per heavy atom. The van der Waals surface area contributed by atoms with Crippen LogP contribution in [0.3, 0.4) is 0 Å². The van der Waals surface area contributed by atoms with Gasteiger partial charge in [-0.1, -0.05) is 30.3 Å². The summed E-state index contributed by atoms with van der Waals surface area (Å²) in [6.45, 7) is 1.94. The van der Waals surface area contributed by atoms with E-state index in [0.717, 1.165) is 23.2 Å². The summed E-state index contributed by atoms with van der Waals surface area (Å²) < 4.78 is 0. The lowest BCUT2D eigenvalue weighted by Gasteiger charge is -2.10. The highest BCUT2D eigenvalue weighted by atomic mass is 16.4. The first-order chi connectivity index (χ1) is 11.0. The lowest BCUT2D eigenvalue weighted by Crippen LogP contribution is -2.24. The fourth-order valence-corrected chi connectivity index (χ4v) is 2.72. The first-order valence-corrected chi connectivity index (χ1v) is 7.51. The van der Waals surface area contributed by atoms with Crippen molar-refractivity contribution < 1.29 is 14.7 Å². The number of nitrogens with one attached hydrogen (secondary N) is 2. The van der Waals surface area contributed by atoms with Gasteiger partial charge < -0.3 is 15.7 Å². The van der Waals surface area contributed by atoms with Crippen LogP contribution in [-0.2, 0) is 0 Å². The van der Waals surface area contributed by atoms with E-state index in [-0.39, 0.29) is 17.9 Å². The van der Waals surface area contributed by atoms with Crippen LogP contribution >= 0.6 is 0 Å². The Kier molecular flexibility index (Phi) is 4.02. The van der Waals surface area contributed by atoms with E-state index in [9.17, 15) is 9.59 Å². The summed E-state index contributed by atoms with van der Waals surface area (Å²) in [7, 11) is 0. The quantitative estimate of drug-likeness (QED) is 0.810. The molecular weight excluding hydrogens is 292 g/mol. The van der Waals surface area contributed by atoms with Crippen molar-refractivity contribution in [2.75, 3.05) is 5.32 Å². The molecule has 1 fully saturated rings. The predicted octanol–water partition coefficient (Wildman–Crippen LogP) is 3.37. The molecule has 0 spiro atoms. The second-order valence-corrected chi connectivity index (χ2v) is 5.79. The molecule has 0 radical (unpaired) electrons. The highest BCUT2D eigenvalue weighted by Gasteiger charge is 2.39. The Balaban J connectivity index is 1.68. The number of hydrogen-bond acceptors (Lipinski definition) is 2. The van der Waals surface area contributed by atoms with Crippen LogP contribution in [0.25, 0.3) is 0 Å². The number of benzene rings is 2. The summed E-state index contributed by atoms with van der Waals surface area (Å²) in [6, 6.07) is 14.9. The van der Waals surface area contributed by atoms with Crippen LogP contribution in [0.5, 0.6) is 0 Å². The SMILES string of the molecule is Cc1cc(C2CC2NC(=O)O)ccc1NC(=O)c1ccccc1. The molecule has 3 rings (SSSR count). The van der Waals surface area contributed by atoms with Gasteiger partial charge in [-0.05, 0) is 42.7 Å². The van der Waals surface area contributed by atoms with E-state index >= 15 is 0 Å².